The number of nitro groups is 2. The number of carbonyl (C=O) groups is 1. The minimum absolute atomic E-state index is 0.00305. The summed E-state index contributed by atoms with van der Waals surface area (Å²) in [6.45, 7) is 0. The molecular weight excluding hydrogens is 520 g/mol. The molecule has 2 saturated carbocycles. The molecule has 2 aromatic carbocycles. The number of amides is 1. The zero-order chi connectivity index (χ0) is 27.4. The molecule has 39 heavy (non-hydrogen) atoms. The van der Waals surface area contributed by atoms with Crippen LogP contribution in [0, 0.1) is 20.2 Å². The summed E-state index contributed by atoms with van der Waals surface area (Å²) >= 11 is 1.45. The number of non-ortho nitro benzene ring substituents is 1. The van der Waals surface area contributed by atoms with E-state index in [9.17, 15) is 25.0 Å². The van der Waals surface area contributed by atoms with Gasteiger partial charge in [-0.15, -0.1) is 0 Å². The molecule has 2 aliphatic carbocycles. The smallest absolute Gasteiger partial charge is 0.318 e. The lowest BCUT2D eigenvalue weighted by molar-refractivity contribution is -0.394. The van der Waals surface area contributed by atoms with Gasteiger partial charge in [-0.05, 0) is 67.3 Å². The summed E-state index contributed by atoms with van der Waals surface area (Å²) in [5.74, 6) is 0.246. The van der Waals surface area contributed by atoms with Crippen LogP contribution < -0.4 is 4.74 Å². The number of aliphatic imine (C=N–C) groups is 1. The van der Waals surface area contributed by atoms with Crippen molar-refractivity contribution >= 4 is 40.3 Å². The van der Waals surface area contributed by atoms with Gasteiger partial charge < -0.3 is 4.74 Å². The Kier molecular flexibility index (Phi) is 8.25. The molecule has 0 bridgehead atoms. The predicted octanol–water partition coefficient (Wildman–Crippen LogP) is 7.23. The lowest BCUT2D eigenvalue weighted by Gasteiger charge is -2.31. The highest BCUT2D eigenvalue weighted by Crippen LogP contribution is 2.39. The van der Waals surface area contributed by atoms with Crippen molar-refractivity contribution in [3.8, 4) is 11.5 Å². The Bertz CT molecular complexity index is 1310. The fourth-order valence-corrected chi connectivity index (χ4v) is 6.47. The molecule has 0 radical (unpaired) electrons. The number of amidine groups is 1. The molecule has 204 valence electrons. The van der Waals surface area contributed by atoms with Crippen LogP contribution in [0.2, 0.25) is 0 Å². The molecular formula is C28H30N4O6S. The normalized spacial score (nSPS) is 21.0. The number of carbonyl (C=O) groups excluding carboxylic acids is 1. The van der Waals surface area contributed by atoms with Crippen LogP contribution in [0.15, 0.2) is 52.4 Å². The maximum atomic E-state index is 13.6. The third-order valence-corrected chi connectivity index (χ3v) is 8.40. The summed E-state index contributed by atoms with van der Waals surface area (Å²) in [7, 11) is 0. The lowest BCUT2D eigenvalue weighted by atomic mass is 9.94. The number of nitro benzene ring substituents is 2. The van der Waals surface area contributed by atoms with E-state index in [0.717, 1.165) is 61.4 Å². The average molecular weight is 551 g/mol. The first kappa shape index (κ1) is 26.9. The third-order valence-electron chi connectivity index (χ3n) is 7.40. The third kappa shape index (κ3) is 6.30. The molecule has 11 heteroatoms. The summed E-state index contributed by atoms with van der Waals surface area (Å²) < 4.78 is 5.67. The molecule has 0 aromatic heterocycles. The molecule has 2 aromatic rings. The molecule has 0 N–H and O–H groups in total. The van der Waals surface area contributed by atoms with Crippen molar-refractivity contribution in [3.63, 3.8) is 0 Å². The second-order valence-corrected chi connectivity index (χ2v) is 11.1. The highest BCUT2D eigenvalue weighted by molar-refractivity contribution is 8.18. The van der Waals surface area contributed by atoms with E-state index in [2.05, 4.69) is 0 Å². The maximum Gasteiger partial charge on any atom is 0.318 e. The molecule has 3 fully saturated rings. The Balaban J connectivity index is 1.35. The van der Waals surface area contributed by atoms with Crippen molar-refractivity contribution < 1.29 is 19.4 Å². The van der Waals surface area contributed by atoms with E-state index in [1.54, 1.807) is 24.3 Å². The molecule has 10 nitrogen and oxygen atoms in total. The van der Waals surface area contributed by atoms with E-state index < -0.39 is 15.5 Å². The summed E-state index contributed by atoms with van der Waals surface area (Å²) in [6, 6.07) is 10.6. The number of hydrogen-bond donors (Lipinski definition) is 0. The quantitative estimate of drug-likeness (QED) is 0.202. The zero-order valence-electron chi connectivity index (χ0n) is 21.5. The molecule has 1 aliphatic heterocycles. The van der Waals surface area contributed by atoms with Gasteiger partial charge in [-0.1, -0.05) is 50.7 Å². The fourth-order valence-electron chi connectivity index (χ4n) is 5.36. The van der Waals surface area contributed by atoms with Gasteiger partial charge in [0.2, 0.25) is 5.75 Å². The molecule has 3 aliphatic rings. The first-order chi connectivity index (χ1) is 18.9. The minimum Gasteiger partial charge on any atom is -0.450 e. The first-order valence-electron chi connectivity index (χ1n) is 13.4. The van der Waals surface area contributed by atoms with Crippen molar-refractivity contribution in [3.05, 3.63) is 73.2 Å². The monoisotopic (exact) mass is 550 g/mol. The van der Waals surface area contributed by atoms with Crippen molar-refractivity contribution in [1.29, 1.82) is 0 Å². The van der Waals surface area contributed by atoms with Gasteiger partial charge in [0.05, 0.1) is 26.9 Å². The van der Waals surface area contributed by atoms with Crippen LogP contribution in [0.5, 0.6) is 11.5 Å². The van der Waals surface area contributed by atoms with Gasteiger partial charge in [0.15, 0.2) is 5.17 Å². The number of thioether (sulfide) groups is 1. The van der Waals surface area contributed by atoms with Crippen LogP contribution in [0.25, 0.3) is 6.08 Å². The highest BCUT2D eigenvalue weighted by Gasteiger charge is 2.39. The highest BCUT2D eigenvalue weighted by atomic mass is 32.2. The Morgan fingerprint density at radius 1 is 0.897 bits per heavy atom. The van der Waals surface area contributed by atoms with Crippen molar-refractivity contribution in [2.45, 2.75) is 76.3 Å². The lowest BCUT2D eigenvalue weighted by Crippen LogP contribution is -2.41. The van der Waals surface area contributed by atoms with E-state index >= 15 is 0 Å². The Labute approximate surface area is 230 Å². The van der Waals surface area contributed by atoms with Gasteiger partial charge in [0, 0.05) is 12.1 Å². The van der Waals surface area contributed by atoms with E-state index in [-0.39, 0.29) is 29.4 Å². The molecule has 0 atom stereocenters. The van der Waals surface area contributed by atoms with E-state index in [4.69, 9.17) is 9.73 Å². The predicted molar refractivity (Wildman–Crippen MR) is 150 cm³/mol. The molecule has 5 rings (SSSR count). The summed E-state index contributed by atoms with van der Waals surface area (Å²) in [5, 5.41) is 23.2. The number of ether oxygens (including phenoxy) is 1. The largest absolute Gasteiger partial charge is 0.450 e. The van der Waals surface area contributed by atoms with Crippen LogP contribution in [0.1, 0.15) is 69.8 Å². The Morgan fingerprint density at radius 2 is 1.56 bits per heavy atom. The maximum absolute atomic E-state index is 13.6. The summed E-state index contributed by atoms with van der Waals surface area (Å²) in [4.78, 5) is 42.2. The van der Waals surface area contributed by atoms with Gasteiger partial charge in [0.25, 0.3) is 11.6 Å². The van der Waals surface area contributed by atoms with Gasteiger partial charge in [-0.2, -0.15) is 0 Å². The Morgan fingerprint density at radius 3 is 2.21 bits per heavy atom. The second kappa shape index (κ2) is 12.0. The molecule has 0 spiro atoms. The van der Waals surface area contributed by atoms with Gasteiger partial charge in [0.1, 0.15) is 5.75 Å². The van der Waals surface area contributed by atoms with Crippen LogP contribution in [0.4, 0.5) is 11.4 Å². The topological polar surface area (TPSA) is 128 Å². The number of nitrogens with zero attached hydrogens (tertiary/aromatic N) is 4. The van der Waals surface area contributed by atoms with Crippen molar-refractivity contribution in [2.24, 2.45) is 4.99 Å². The molecule has 1 amide bonds. The first-order valence-corrected chi connectivity index (χ1v) is 14.2. The van der Waals surface area contributed by atoms with Crippen LogP contribution in [0.3, 0.4) is 0 Å². The number of hydrogen-bond acceptors (Lipinski definition) is 8. The molecule has 1 saturated heterocycles. The van der Waals surface area contributed by atoms with E-state index in [1.165, 1.54) is 43.5 Å². The second-order valence-electron chi connectivity index (χ2n) is 10.1. The summed E-state index contributed by atoms with van der Waals surface area (Å²) in [6.07, 6.45) is 13.1. The number of benzene rings is 2. The minimum atomic E-state index is -0.714. The van der Waals surface area contributed by atoms with E-state index in [1.807, 2.05) is 11.0 Å². The van der Waals surface area contributed by atoms with Crippen molar-refractivity contribution in [2.75, 3.05) is 0 Å². The van der Waals surface area contributed by atoms with Crippen molar-refractivity contribution in [1.82, 2.24) is 4.90 Å². The SMILES string of the molecule is O=C1C(=Cc2ccc(Oc3ccc([N+](=O)[O-])cc3[N+](=O)[O-])cc2)SC(=NC2CCCCC2)N1C1CCCCC1. The molecule has 1 heterocycles. The van der Waals surface area contributed by atoms with Crippen LogP contribution >= 0.6 is 11.8 Å². The van der Waals surface area contributed by atoms with Gasteiger partial charge in [-0.3, -0.25) is 34.9 Å². The average Bonchev–Trinajstić information content (AvgIpc) is 3.24. The van der Waals surface area contributed by atoms with Crippen LogP contribution in [-0.4, -0.2) is 37.9 Å². The van der Waals surface area contributed by atoms with Crippen LogP contribution in [-0.2, 0) is 4.79 Å². The standard InChI is InChI=1S/C28H30N4O6S/c33-27-26(39-28(29-20-7-3-1-4-8-20)30(27)21-9-5-2-6-10-21)17-19-11-14-23(15-12-19)38-25-16-13-22(31(34)35)18-24(25)32(36)37/h11-18,20-21H,1-10H2. The summed E-state index contributed by atoms with van der Waals surface area (Å²) in [5.41, 5.74) is -0.0849. The van der Waals surface area contributed by atoms with E-state index in [0.29, 0.717) is 10.7 Å². The fraction of sp³-hybridized carbons (Fsp3) is 0.429. The molecule has 0 unspecified atom stereocenters. The van der Waals surface area contributed by atoms with Gasteiger partial charge >= 0.3 is 5.69 Å². The number of rotatable bonds is 7. The van der Waals surface area contributed by atoms with Gasteiger partial charge in [-0.25, -0.2) is 0 Å². The Hall–Kier alpha value is -3.73. The zero-order valence-corrected chi connectivity index (χ0v) is 22.3.